The van der Waals surface area contributed by atoms with Crippen molar-refractivity contribution in [1.82, 2.24) is 4.90 Å². The van der Waals surface area contributed by atoms with E-state index in [4.69, 9.17) is 9.73 Å². The molecule has 2 amide bonds. The molecule has 126 valence electrons. The Labute approximate surface area is 145 Å². The molecular weight excluding hydrogens is 316 g/mol. The van der Waals surface area contributed by atoms with Crippen LogP contribution in [0.5, 0.6) is 5.75 Å². The monoisotopic (exact) mass is 334 g/mol. The molecule has 2 aromatic carbocycles. The molecule has 0 N–H and O–H groups in total. The molecule has 0 saturated carbocycles. The van der Waals surface area contributed by atoms with Crippen molar-refractivity contribution >= 4 is 23.2 Å². The van der Waals surface area contributed by atoms with Gasteiger partial charge in [-0.1, -0.05) is 42.5 Å². The van der Waals surface area contributed by atoms with Gasteiger partial charge in [0, 0.05) is 18.4 Å². The maximum Gasteiger partial charge on any atom is 0.230 e. The Kier molecular flexibility index (Phi) is 3.64. The first-order valence-electron chi connectivity index (χ1n) is 8.33. The highest BCUT2D eigenvalue weighted by Gasteiger charge is 2.42. The van der Waals surface area contributed by atoms with Crippen LogP contribution in [0.25, 0.3) is 0 Å². The number of aliphatic imine (C=N–C) groups is 1. The first-order chi connectivity index (χ1) is 12.1. The number of benzene rings is 2. The molecule has 2 heterocycles. The van der Waals surface area contributed by atoms with Gasteiger partial charge in [-0.25, -0.2) is 4.99 Å². The number of ether oxygens (including phenoxy) is 1. The molecule has 0 radical (unpaired) electrons. The molecule has 1 unspecified atom stereocenters. The van der Waals surface area contributed by atoms with E-state index in [1.165, 1.54) is 4.90 Å². The van der Waals surface area contributed by atoms with Crippen molar-refractivity contribution in [3.05, 3.63) is 60.2 Å². The van der Waals surface area contributed by atoms with Crippen LogP contribution in [0.1, 0.15) is 25.3 Å². The number of carbonyl (C=O) groups excluding carboxylic acids is 2. The maximum absolute atomic E-state index is 12.1. The summed E-state index contributed by atoms with van der Waals surface area (Å²) < 4.78 is 6.32. The average Bonchev–Trinajstić information content (AvgIpc) is 2.95. The smallest absolute Gasteiger partial charge is 0.230 e. The maximum atomic E-state index is 12.1. The number of nitrogens with zero attached hydrogens (tertiary/aromatic N) is 2. The van der Waals surface area contributed by atoms with E-state index in [0.29, 0.717) is 17.1 Å². The first-order valence-corrected chi connectivity index (χ1v) is 8.33. The molecule has 4 rings (SSSR count). The van der Waals surface area contributed by atoms with E-state index < -0.39 is 5.60 Å². The lowest BCUT2D eigenvalue weighted by molar-refractivity contribution is -0.137. The molecular formula is C20H18N2O3. The van der Waals surface area contributed by atoms with Crippen LogP contribution in [0.2, 0.25) is 0 Å². The lowest BCUT2D eigenvalue weighted by Gasteiger charge is -2.37. The highest BCUT2D eigenvalue weighted by molar-refractivity contribution is 6.08. The number of carbonyl (C=O) groups is 2. The van der Waals surface area contributed by atoms with E-state index in [9.17, 15) is 9.59 Å². The molecule has 1 saturated heterocycles. The van der Waals surface area contributed by atoms with Crippen molar-refractivity contribution in [2.75, 3.05) is 6.54 Å². The van der Waals surface area contributed by atoms with Crippen molar-refractivity contribution in [2.45, 2.75) is 25.4 Å². The summed E-state index contributed by atoms with van der Waals surface area (Å²) in [6.07, 6.45) is 0.539. The first kappa shape index (κ1) is 15.6. The molecule has 1 fully saturated rings. The van der Waals surface area contributed by atoms with Gasteiger partial charge in [0.05, 0.1) is 12.3 Å². The molecule has 2 aromatic rings. The molecule has 5 heteroatoms. The zero-order valence-corrected chi connectivity index (χ0v) is 13.9. The quantitative estimate of drug-likeness (QED) is 0.810. The minimum Gasteiger partial charge on any atom is -0.474 e. The Morgan fingerprint density at radius 1 is 1.00 bits per heavy atom. The molecule has 0 aliphatic carbocycles. The van der Waals surface area contributed by atoms with Gasteiger partial charge < -0.3 is 4.74 Å². The highest BCUT2D eigenvalue weighted by atomic mass is 16.5. The number of hydrogen-bond donors (Lipinski definition) is 0. The molecule has 1 atom stereocenters. The van der Waals surface area contributed by atoms with Gasteiger partial charge >= 0.3 is 0 Å². The fourth-order valence-corrected chi connectivity index (χ4v) is 3.28. The second-order valence-corrected chi connectivity index (χ2v) is 6.40. The summed E-state index contributed by atoms with van der Waals surface area (Å²) in [6, 6.07) is 17.3. The number of likely N-dealkylation sites (tertiary alicyclic amines) is 1. The van der Waals surface area contributed by atoms with E-state index in [1.807, 2.05) is 61.5 Å². The van der Waals surface area contributed by atoms with Crippen LogP contribution in [-0.4, -0.2) is 29.0 Å². The van der Waals surface area contributed by atoms with Crippen LogP contribution >= 0.6 is 0 Å². The van der Waals surface area contributed by atoms with Gasteiger partial charge in [-0.15, -0.1) is 0 Å². The summed E-state index contributed by atoms with van der Waals surface area (Å²) in [5, 5.41) is 0. The van der Waals surface area contributed by atoms with Crippen molar-refractivity contribution in [3.8, 4) is 5.75 Å². The van der Waals surface area contributed by atoms with Gasteiger partial charge in [-0.2, -0.15) is 0 Å². The largest absolute Gasteiger partial charge is 0.474 e. The topological polar surface area (TPSA) is 59.0 Å². The second-order valence-electron chi connectivity index (χ2n) is 6.40. The van der Waals surface area contributed by atoms with Crippen molar-refractivity contribution < 1.29 is 14.3 Å². The number of rotatable bonds is 3. The third-order valence-electron chi connectivity index (χ3n) is 4.77. The third-order valence-corrected chi connectivity index (χ3v) is 4.77. The third kappa shape index (κ3) is 2.61. The predicted molar refractivity (Wildman–Crippen MR) is 93.9 cm³/mol. The molecule has 5 nitrogen and oxygen atoms in total. The predicted octanol–water partition coefficient (Wildman–Crippen LogP) is 3.22. The Hall–Kier alpha value is -2.95. The van der Waals surface area contributed by atoms with E-state index >= 15 is 0 Å². The minimum atomic E-state index is -0.835. The van der Waals surface area contributed by atoms with Crippen molar-refractivity contribution in [2.24, 2.45) is 4.99 Å². The van der Waals surface area contributed by atoms with Crippen LogP contribution in [0.15, 0.2) is 59.6 Å². The lowest BCUT2D eigenvalue weighted by atomic mass is 9.88. The molecule has 25 heavy (non-hydrogen) atoms. The molecule has 0 aromatic heterocycles. The van der Waals surface area contributed by atoms with E-state index in [1.54, 1.807) is 0 Å². The number of fused-ring (bicyclic) bond motifs is 1. The highest BCUT2D eigenvalue weighted by Crippen LogP contribution is 2.41. The summed E-state index contributed by atoms with van der Waals surface area (Å²) in [7, 11) is 0. The minimum absolute atomic E-state index is 0.150. The Bertz CT molecular complexity index is 860. The SMILES string of the molecule is CC1(c2ccccc2)Oc2ccccc2N=C1CN1C(=O)CCC1=O. The van der Waals surface area contributed by atoms with Crippen LogP contribution in [0.3, 0.4) is 0 Å². The van der Waals surface area contributed by atoms with Gasteiger partial charge in [0.15, 0.2) is 5.60 Å². The van der Waals surface area contributed by atoms with Crippen molar-refractivity contribution in [1.29, 1.82) is 0 Å². The number of amides is 2. The second kappa shape index (κ2) is 5.84. The van der Waals surface area contributed by atoms with Gasteiger partial charge in [0.2, 0.25) is 11.8 Å². The molecule has 0 bridgehead atoms. The summed E-state index contributed by atoms with van der Waals surface area (Å²) in [4.78, 5) is 30.2. The standard InChI is InChI=1S/C20H18N2O3/c1-20(14-7-3-2-4-8-14)17(13-22-18(23)11-12-19(22)24)21-15-9-5-6-10-16(15)25-20/h2-10H,11-13H2,1H3. The van der Waals surface area contributed by atoms with Crippen LogP contribution in [-0.2, 0) is 15.2 Å². The zero-order valence-electron chi connectivity index (χ0n) is 13.9. The number of hydrogen-bond acceptors (Lipinski definition) is 4. The van der Waals surface area contributed by atoms with E-state index in [2.05, 4.69) is 0 Å². The summed E-state index contributed by atoms with van der Waals surface area (Å²) in [5.74, 6) is 0.389. The zero-order chi connectivity index (χ0) is 17.4. The summed E-state index contributed by atoms with van der Waals surface area (Å²) in [5.41, 5.74) is 1.46. The molecule has 2 aliphatic rings. The Morgan fingerprint density at radius 3 is 2.36 bits per heavy atom. The average molecular weight is 334 g/mol. The number of imide groups is 1. The van der Waals surface area contributed by atoms with Gasteiger partial charge in [-0.05, 0) is 19.1 Å². The van der Waals surface area contributed by atoms with Gasteiger partial charge in [0.25, 0.3) is 0 Å². The van der Waals surface area contributed by atoms with Crippen LogP contribution in [0.4, 0.5) is 5.69 Å². The molecule has 0 spiro atoms. The van der Waals surface area contributed by atoms with Crippen molar-refractivity contribution in [3.63, 3.8) is 0 Å². The van der Waals surface area contributed by atoms with Crippen LogP contribution in [0, 0.1) is 0 Å². The normalized spacial score (nSPS) is 22.4. The fourth-order valence-electron chi connectivity index (χ4n) is 3.28. The van der Waals surface area contributed by atoms with E-state index in [-0.39, 0.29) is 31.2 Å². The van der Waals surface area contributed by atoms with E-state index in [0.717, 1.165) is 5.56 Å². The summed E-state index contributed by atoms with van der Waals surface area (Å²) in [6.45, 7) is 2.08. The Morgan fingerprint density at radius 2 is 1.64 bits per heavy atom. The Balaban J connectivity index is 1.80. The van der Waals surface area contributed by atoms with Gasteiger partial charge in [0.1, 0.15) is 11.4 Å². The number of para-hydroxylation sites is 2. The van der Waals surface area contributed by atoms with Gasteiger partial charge in [-0.3, -0.25) is 14.5 Å². The summed E-state index contributed by atoms with van der Waals surface area (Å²) >= 11 is 0. The van der Waals surface area contributed by atoms with Crippen LogP contribution < -0.4 is 4.74 Å². The lowest BCUT2D eigenvalue weighted by Crippen LogP contribution is -2.47. The molecule has 2 aliphatic heterocycles. The fraction of sp³-hybridized carbons (Fsp3) is 0.250.